The zero-order valence-corrected chi connectivity index (χ0v) is 10.8. The quantitative estimate of drug-likeness (QED) is 0.329. The lowest BCUT2D eigenvalue weighted by Crippen LogP contribution is -2.40. The van der Waals surface area contributed by atoms with Gasteiger partial charge in [0, 0.05) is 20.3 Å². The molecular formula is C12H11N5O3. The van der Waals surface area contributed by atoms with Crippen molar-refractivity contribution in [2.24, 2.45) is 19.3 Å². The molecule has 3 aromatic rings. The van der Waals surface area contributed by atoms with Crippen LogP contribution >= 0.6 is 0 Å². The fraction of sp³-hybridized carbons (Fsp3) is 0.167. The number of fused-ring (bicyclic) bond motifs is 2. The number of aryl methyl sites for hydroxylation is 1. The molecular weight excluding hydrogens is 262 g/mol. The molecule has 0 amide bonds. The van der Waals surface area contributed by atoms with Crippen LogP contribution in [0.3, 0.4) is 0 Å². The summed E-state index contributed by atoms with van der Waals surface area (Å²) in [5.74, 6) is 0. The summed E-state index contributed by atoms with van der Waals surface area (Å²) in [7, 11) is 2.88. The van der Waals surface area contributed by atoms with E-state index in [1.54, 1.807) is 24.4 Å². The Kier molecular flexibility index (Phi) is 2.46. The maximum absolute atomic E-state index is 12.2. The van der Waals surface area contributed by atoms with Crippen LogP contribution in [-0.2, 0) is 14.1 Å². The molecule has 0 fully saturated rings. The highest BCUT2D eigenvalue weighted by Gasteiger charge is 2.14. The number of rotatable bonds is 0. The summed E-state index contributed by atoms with van der Waals surface area (Å²) < 4.78 is 3.68. The van der Waals surface area contributed by atoms with Crippen LogP contribution in [0.5, 0.6) is 0 Å². The summed E-state index contributed by atoms with van der Waals surface area (Å²) >= 11 is 0. The van der Waals surface area contributed by atoms with Crippen molar-refractivity contribution < 1.29 is 5.21 Å². The number of aromatic nitrogens is 4. The highest BCUT2D eigenvalue weighted by atomic mass is 16.4. The summed E-state index contributed by atoms with van der Waals surface area (Å²) in [5, 5.41) is 12.5. The maximum atomic E-state index is 12.2. The normalized spacial score (nSPS) is 12.4. The largest absolute Gasteiger partial charge is 0.409 e. The molecule has 0 aromatic carbocycles. The van der Waals surface area contributed by atoms with Gasteiger partial charge in [-0.05, 0) is 12.1 Å². The Morgan fingerprint density at radius 2 is 1.95 bits per heavy atom. The van der Waals surface area contributed by atoms with E-state index in [1.807, 2.05) is 0 Å². The van der Waals surface area contributed by atoms with E-state index < -0.39 is 11.2 Å². The van der Waals surface area contributed by atoms with Gasteiger partial charge in [-0.3, -0.25) is 18.3 Å². The Balaban J connectivity index is 2.83. The monoisotopic (exact) mass is 273 g/mol. The first-order chi connectivity index (χ1) is 9.56. The van der Waals surface area contributed by atoms with Crippen molar-refractivity contribution in [3.63, 3.8) is 0 Å². The van der Waals surface area contributed by atoms with E-state index in [9.17, 15) is 14.8 Å². The van der Waals surface area contributed by atoms with Gasteiger partial charge in [0.1, 0.15) is 11.0 Å². The molecule has 0 aliphatic heterocycles. The number of hydrogen-bond acceptors (Lipinski definition) is 5. The zero-order chi connectivity index (χ0) is 14.4. The van der Waals surface area contributed by atoms with Gasteiger partial charge in [-0.15, -0.1) is 0 Å². The Morgan fingerprint density at radius 3 is 2.65 bits per heavy atom. The third-order valence-electron chi connectivity index (χ3n) is 3.24. The van der Waals surface area contributed by atoms with E-state index in [2.05, 4.69) is 10.1 Å². The minimum absolute atomic E-state index is 0.0433. The fourth-order valence-corrected chi connectivity index (χ4v) is 2.19. The molecule has 0 spiro atoms. The SMILES string of the molecule is Cn1c(=O)c2/c(=N/O)n3ccccc3nc2n(C)c1=O. The second-order valence-electron chi connectivity index (χ2n) is 4.37. The van der Waals surface area contributed by atoms with Crippen molar-refractivity contribution >= 4 is 16.7 Å². The molecule has 0 aliphatic rings. The minimum Gasteiger partial charge on any atom is -0.409 e. The van der Waals surface area contributed by atoms with Crippen LogP contribution in [0.2, 0.25) is 0 Å². The first-order valence-electron chi connectivity index (χ1n) is 5.81. The van der Waals surface area contributed by atoms with Gasteiger partial charge in [0.15, 0.2) is 11.1 Å². The summed E-state index contributed by atoms with van der Waals surface area (Å²) in [6.07, 6.45) is 1.63. The molecule has 8 heteroatoms. The first-order valence-corrected chi connectivity index (χ1v) is 5.81. The fourth-order valence-electron chi connectivity index (χ4n) is 2.19. The van der Waals surface area contributed by atoms with Gasteiger partial charge in [0.2, 0.25) is 0 Å². The van der Waals surface area contributed by atoms with Gasteiger partial charge in [-0.25, -0.2) is 9.78 Å². The van der Waals surface area contributed by atoms with Gasteiger partial charge < -0.3 is 5.21 Å². The Hall–Kier alpha value is -2.90. The molecule has 0 saturated carbocycles. The third kappa shape index (κ3) is 1.41. The predicted molar refractivity (Wildman–Crippen MR) is 70.5 cm³/mol. The van der Waals surface area contributed by atoms with Crippen molar-refractivity contribution in [2.45, 2.75) is 0 Å². The summed E-state index contributed by atoms with van der Waals surface area (Å²) in [4.78, 5) is 28.5. The van der Waals surface area contributed by atoms with Crippen molar-refractivity contribution in [1.82, 2.24) is 18.5 Å². The third-order valence-corrected chi connectivity index (χ3v) is 3.24. The van der Waals surface area contributed by atoms with Crippen LogP contribution in [0.1, 0.15) is 0 Å². The summed E-state index contributed by atoms with van der Waals surface area (Å²) in [6, 6.07) is 5.17. The van der Waals surface area contributed by atoms with E-state index in [0.717, 1.165) is 4.57 Å². The molecule has 0 unspecified atom stereocenters. The van der Waals surface area contributed by atoms with E-state index in [1.165, 1.54) is 23.1 Å². The summed E-state index contributed by atoms with van der Waals surface area (Å²) in [5.41, 5.74) is -0.351. The second-order valence-corrected chi connectivity index (χ2v) is 4.37. The molecule has 0 bridgehead atoms. The van der Waals surface area contributed by atoms with Crippen molar-refractivity contribution in [3.8, 4) is 0 Å². The average Bonchev–Trinajstić information content (AvgIpc) is 2.48. The van der Waals surface area contributed by atoms with E-state index in [4.69, 9.17) is 0 Å². The van der Waals surface area contributed by atoms with Crippen LogP contribution in [0, 0.1) is 0 Å². The van der Waals surface area contributed by atoms with Gasteiger partial charge >= 0.3 is 5.69 Å². The van der Waals surface area contributed by atoms with Gasteiger partial charge in [0.05, 0.1) is 0 Å². The molecule has 3 heterocycles. The standard InChI is InChI=1S/C12H11N5O3/c1-15-9-8(11(18)16(2)12(15)19)10(14-20)17-6-4-3-5-7(17)13-9/h3-6,20H,1-2H3/b14-10-. The average molecular weight is 273 g/mol. The van der Waals surface area contributed by atoms with Crippen LogP contribution < -0.4 is 16.7 Å². The lowest BCUT2D eigenvalue weighted by molar-refractivity contribution is 0.298. The zero-order valence-electron chi connectivity index (χ0n) is 10.8. The number of pyridine rings is 1. The molecule has 20 heavy (non-hydrogen) atoms. The Labute approximate surface area is 111 Å². The van der Waals surface area contributed by atoms with Gasteiger partial charge in [-0.1, -0.05) is 11.2 Å². The molecule has 102 valence electrons. The lowest BCUT2D eigenvalue weighted by Gasteiger charge is -2.08. The minimum atomic E-state index is -0.554. The Morgan fingerprint density at radius 1 is 1.20 bits per heavy atom. The number of hydrogen-bond donors (Lipinski definition) is 1. The van der Waals surface area contributed by atoms with E-state index in [0.29, 0.717) is 5.65 Å². The molecule has 3 rings (SSSR count). The van der Waals surface area contributed by atoms with Crippen molar-refractivity contribution in [3.05, 3.63) is 50.7 Å². The summed E-state index contributed by atoms with van der Waals surface area (Å²) in [6.45, 7) is 0. The second kappa shape index (κ2) is 4.05. The highest BCUT2D eigenvalue weighted by molar-refractivity contribution is 5.74. The molecule has 0 atom stereocenters. The molecule has 1 N–H and O–H groups in total. The highest BCUT2D eigenvalue weighted by Crippen LogP contribution is 2.03. The molecule has 0 saturated heterocycles. The van der Waals surface area contributed by atoms with Crippen molar-refractivity contribution in [2.75, 3.05) is 0 Å². The predicted octanol–water partition coefficient (Wildman–Crippen LogP) is -0.825. The molecule has 8 nitrogen and oxygen atoms in total. The smallest absolute Gasteiger partial charge is 0.332 e. The molecule has 3 aromatic heterocycles. The first kappa shape index (κ1) is 12.2. The van der Waals surface area contributed by atoms with Crippen LogP contribution in [0.25, 0.3) is 16.7 Å². The lowest BCUT2D eigenvalue weighted by atomic mass is 10.3. The Bertz CT molecular complexity index is 1030. The van der Waals surface area contributed by atoms with Gasteiger partial charge in [-0.2, -0.15) is 0 Å². The van der Waals surface area contributed by atoms with Crippen LogP contribution in [-0.4, -0.2) is 23.7 Å². The molecule has 0 aliphatic carbocycles. The van der Waals surface area contributed by atoms with E-state index in [-0.39, 0.29) is 16.5 Å². The maximum Gasteiger partial charge on any atom is 0.332 e. The van der Waals surface area contributed by atoms with Crippen LogP contribution in [0.4, 0.5) is 0 Å². The topological polar surface area (TPSA) is 93.9 Å². The van der Waals surface area contributed by atoms with Gasteiger partial charge in [0.25, 0.3) is 5.56 Å². The molecule has 0 radical (unpaired) electrons. The number of nitrogens with zero attached hydrogens (tertiary/aromatic N) is 5. The van der Waals surface area contributed by atoms with Crippen molar-refractivity contribution in [1.29, 1.82) is 0 Å². The van der Waals surface area contributed by atoms with E-state index >= 15 is 0 Å². The van der Waals surface area contributed by atoms with Crippen LogP contribution in [0.15, 0.2) is 39.1 Å².